The van der Waals surface area contributed by atoms with Crippen LogP contribution < -0.4 is 19.1 Å². The van der Waals surface area contributed by atoms with Crippen LogP contribution in [0.15, 0.2) is 66.7 Å². The van der Waals surface area contributed by atoms with E-state index in [9.17, 15) is 14.7 Å². The van der Waals surface area contributed by atoms with Crippen molar-refractivity contribution in [2.24, 2.45) is 0 Å². The van der Waals surface area contributed by atoms with Gasteiger partial charge < -0.3 is 24.2 Å². The van der Waals surface area contributed by atoms with Crippen molar-refractivity contribution in [3.63, 3.8) is 0 Å². The summed E-state index contributed by atoms with van der Waals surface area (Å²) in [5.74, 6) is 0.906. The Morgan fingerprint density at radius 3 is 2.35 bits per heavy atom. The first-order chi connectivity index (χ1) is 16.4. The summed E-state index contributed by atoms with van der Waals surface area (Å²) in [5.41, 5.74) is 0.232. The SMILES string of the molecule is CCOc1ccc(C(=O)C[C@]2(O)C(=O)N(Cc3ccc(OC)c(OC)c3)c3ccccc32)cc1. The summed E-state index contributed by atoms with van der Waals surface area (Å²) in [4.78, 5) is 28.1. The van der Waals surface area contributed by atoms with Crippen LogP contribution in [0.4, 0.5) is 5.69 Å². The topological polar surface area (TPSA) is 85.3 Å². The number of aliphatic hydroxyl groups is 1. The number of carbonyl (C=O) groups excluding carboxylic acids is 2. The Balaban J connectivity index is 1.62. The summed E-state index contributed by atoms with van der Waals surface area (Å²) in [7, 11) is 3.10. The number of methoxy groups -OCH3 is 2. The maximum atomic E-state index is 13.5. The molecule has 0 fully saturated rings. The van der Waals surface area contributed by atoms with Gasteiger partial charge in [-0.25, -0.2) is 0 Å². The molecule has 0 unspecified atom stereocenters. The van der Waals surface area contributed by atoms with Gasteiger partial charge in [0.05, 0.1) is 39.5 Å². The molecule has 0 bridgehead atoms. The van der Waals surface area contributed by atoms with Gasteiger partial charge in [-0.05, 0) is 55.0 Å². The highest BCUT2D eigenvalue weighted by Crippen LogP contribution is 2.44. The number of hydrogen-bond acceptors (Lipinski definition) is 6. The lowest BCUT2D eigenvalue weighted by Crippen LogP contribution is -2.41. The fourth-order valence-electron chi connectivity index (χ4n) is 4.23. The van der Waals surface area contributed by atoms with Gasteiger partial charge in [0.25, 0.3) is 5.91 Å². The number of Topliss-reactive ketones (excluding diaryl/α,β-unsaturated/α-hetero) is 1. The van der Waals surface area contributed by atoms with E-state index in [1.165, 1.54) is 4.90 Å². The lowest BCUT2D eigenvalue weighted by atomic mass is 9.88. The van der Waals surface area contributed by atoms with Crippen LogP contribution in [-0.4, -0.2) is 37.6 Å². The molecule has 1 atom stereocenters. The van der Waals surface area contributed by atoms with Gasteiger partial charge >= 0.3 is 0 Å². The van der Waals surface area contributed by atoms with Gasteiger partial charge in [-0.1, -0.05) is 24.3 Å². The van der Waals surface area contributed by atoms with Crippen molar-refractivity contribution in [2.75, 3.05) is 25.7 Å². The monoisotopic (exact) mass is 461 g/mol. The maximum Gasteiger partial charge on any atom is 0.264 e. The molecule has 1 heterocycles. The van der Waals surface area contributed by atoms with Gasteiger partial charge in [-0.3, -0.25) is 9.59 Å². The third-order valence-corrected chi connectivity index (χ3v) is 5.93. The Morgan fingerprint density at radius 2 is 1.68 bits per heavy atom. The summed E-state index contributed by atoms with van der Waals surface area (Å²) < 4.78 is 16.1. The van der Waals surface area contributed by atoms with Crippen LogP contribution >= 0.6 is 0 Å². The van der Waals surface area contributed by atoms with E-state index in [0.29, 0.717) is 40.7 Å². The predicted molar refractivity (Wildman–Crippen MR) is 128 cm³/mol. The van der Waals surface area contributed by atoms with Crippen molar-refractivity contribution in [3.8, 4) is 17.2 Å². The molecule has 3 aromatic carbocycles. The highest BCUT2D eigenvalue weighted by Gasteiger charge is 2.50. The molecule has 4 rings (SSSR count). The number of rotatable bonds is 9. The minimum atomic E-state index is -1.96. The number of amides is 1. The second-order valence-electron chi connectivity index (χ2n) is 8.02. The number of para-hydroxylation sites is 1. The Morgan fingerprint density at radius 1 is 0.971 bits per heavy atom. The molecule has 0 saturated heterocycles. The van der Waals surface area contributed by atoms with Gasteiger partial charge in [0.2, 0.25) is 0 Å². The van der Waals surface area contributed by atoms with Crippen LogP contribution in [0.25, 0.3) is 0 Å². The van der Waals surface area contributed by atoms with E-state index in [1.54, 1.807) is 74.9 Å². The highest BCUT2D eigenvalue weighted by atomic mass is 16.5. The molecular formula is C27H27NO6. The number of anilines is 1. The van der Waals surface area contributed by atoms with E-state index in [-0.39, 0.29) is 18.7 Å². The lowest BCUT2D eigenvalue weighted by Gasteiger charge is -2.23. The van der Waals surface area contributed by atoms with Gasteiger partial charge in [-0.2, -0.15) is 0 Å². The van der Waals surface area contributed by atoms with E-state index < -0.39 is 11.5 Å². The number of fused-ring (bicyclic) bond motifs is 1. The van der Waals surface area contributed by atoms with Crippen LogP contribution in [-0.2, 0) is 16.9 Å². The van der Waals surface area contributed by atoms with E-state index in [2.05, 4.69) is 0 Å². The van der Waals surface area contributed by atoms with Crippen LogP contribution in [0.1, 0.15) is 34.8 Å². The molecule has 7 nitrogen and oxygen atoms in total. The molecule has 0 aromatic heterocycles. The fourth-order valence-corrected chi connectivity index (χ4v) is 4.23. The third kappa shape index (κ3) is 4.22. The molecule has 1 amide bonds. The molecule has 1 aliphatic rings. The molecule has 0 saturated carbocycles. The van der Waals surface area contributed by atoms with Gasteiger partial charge in [0.15, 0.2) is 22.9 Å². The summed E-state index contributed by atoms with van der Waals surface area (Å²) in [5, 5.41) is 11.5. The van der Waals surface area contributed by atoms with Crippen molar-refractivity contribution in [1.82, 2.24) is 0 Å². The van der Waals surface area contributed by atoms with E-state index >= 15 is 0 Å². The average Bonchev–Trinajstić information content (AvgIpc) is 3.06. The number of ketones is 1. The molecule has 1 N–H and O–H groups in total. The fraction of sp³-hybridized carbons (Fsp3) is 0.259. The maximum absolute atomic E-state index is 13.5. The second-order valence-corrected chi connectivity index (χ2v) is 8.02. The van der Waals surface area contributed by atoms with Crippen molar-refractivity contribution in [3.05, 3.63) is 83.4 Å². The largest absolute Gasteiger partial charge is 0.494 e. The summed E-state index contributed by atoms with van der Waals surface area (Å²) >= 11 is 0. The number of carbonyl (C=O) groups is 2. The summed E-state index contributed by atoms with van der Waals surface area (Å²) in [6, 6.07) is 19.1. The zero-order valence-corrected chi connectivity index (χ0v) is 19.4. The molecule has 0 radical (unpaired) electrons. The molecule has 7 heteroatoms. The number of benzene rings is 3. The third-order valence-electron chi connectivity index (χ3n) is 5.93. The quantitative estimate of drug-likeness (QED) is 0.483. The molecule has 3 aromatic rings. The van der Waals surface area contributed by atoms with Gasteiger partial charge in [0.1, 0.15) is 5.75 Å². The molecule has 176 valence electrons. The van der Waals surface area contributed by atoms with Crippen molar-refractivity contribution >= 4 is 17.4 Å². The van der Waals surface area contributed by atoms with E-state index in [1.807, 2.05) is 13.0 Å². The second kappa shape index (κ2) is 9.57. The standard InChI is InChI=1S/C27H27NO6/c1-4-34-20-12-10-19(11-13-20)23(29)16-27(31)21-7-5-6-8-22(21)28(26(27)30)17-18-9-14-24(32-2)25(15-18)33-3/h5-15,31H,4,16-17H2,1-3H3/t27-/m1/s1. The molecular weight excluding hydrogens is 434 g/mol. The first kappa shape index (κ1) is 23.3. The van der Waals surface area contributed by atoms with E-state index in [4.69, 9.17) is 14.2 Å². The van der Waals surface area contributed by atoms with Crippen LogP contribution in [0, 0.1) is 0 Å². The van der Waals surface area contributed by atoms with Crippen LogP contribution in [0.2, 0.25) is 0 Å². The van der Waals surface area contributed by atoms with E-state index in [0.717, 1.165) is 5.56 Å². The normalized spacial score (nSPS) is 16.8. The van der Waals surface area contributed by atoms with Crippen molar-refractivity contribution < 1.29 is 28.9 Å². The van der Waals surface area contributed by atoms with Crippen LogP contribution in [0.5, 0.6) is 17.2 Å². The smallest absolute Gasteiger partial charge is 0.264 e. The zero-order valence-electron chi connectivity index (χ0n) is 19.4. The Hall–Kier alpha value is -3.84. The first-order valence-corrected chi connectivity index (χ1v) is 11.0. The minimum Gasteiger partial charge on any atom is -0.494 e. The van der Waals surface area contributed by atoms with Crippen LogP contribution in [0.3, 0.4) is 0 Å². The Labute approximate surface area is 198 Å². The Kier molecular flexibility index (Phi) is 6.56. The number of nitrogens with zero attached hydrogens (tertiary/aromatic N) is 1. The predicted octanol–water partition coefficient (Wildman–Crippen LogP) is 4.11. The van der Waals surface area contributed by atoms with Crippen molar-refractivity contribution in [1.29, 1.82) is 0 Å². The number of ether oxygens (including phenoxy) is 3. The number of hydrogen-bond donors (Lipinski definition) is 1. The summed E-state index contributed by atoms with van der Waals surface area (Å²) in [6.45, 7) is 2.61. The minimum absolute atomic E-state index is 0.204. The molecule has 1 aliphatic heterocycles. The van der Waals surface area contributed by atoms with Crippen molar-refractivity contribution in [2.45, 2.75) is 25.5 Å². The zero-order chi connectivity index (χ0) is 24.3. The first-order valence-electron chi connectivity index (χ1n) is 11.0. The van der Waals surface area contributed by atoms with Gasteiger partial charge in [0, 0.05) is 11.1 Å². The molecule has 34 heavy (non-hydrogen) atoms. The Bertz CT molecular complexity index is 1210. The van der Waals surface area contributed by atoms with Gasteiger partial charge in [-0.15, -0.1) is 0 Å². The summed E-state index contributed by atoms with van der Waals surface area (Å²) in [6.07, 6.45) is -0.362. The molecule has 0 aliphatic carbocycles. The average molecular weight is 462 g/mol. The highest BCUT2D eigenvalue weighted by molar-refractivity contribution is 6.10. The molecule has 0 spiro atoms. The lowest BCUT2D eigenvalue weighted by molar-refractivity contribution is -0.136.